The van der Waals surface area contributed by atoms with Gasteiger partial charge in [-0.1, -0.05) is 0 Å². The minimum atomic E-state index is 0.710. The van der Waals surface area contributed by atoms with E-state index >= 15 is 0 Å². The maximum atomic E-state index is 4.46. The van der Waals surface area contributed by atoms with Crippen molar-refractivity contribution < 1.29 is 0 Å². The summed E-state index contributed by atoms with van der Waals surface area (Å²) < 4.78 is 1.16. The lowest BCUT2D eigenvalue weighted by molar-refractivity contribution is 1.10. The predicted molar refractivity (Wildman–Crippen MR) is 74.9 cm³/mol. The summed E-state index contributed by atoms with van der Waals surface area (Å²) in [7, 11) is 1.85. The van der Waals surface area contributed by atoms with Gasteiger partial charge in [0.1, 0.15) is 5.82 Å². The van der Waals surface area contributed by atoms with Gasteiger partial charge in [0, 0.05) is 30.6 Å². The normalized spacial score (nSPS) is 10.8. The van der Waals surface area contributed by atoms with Crippen LogP contribution < -0.4 is 5.32 Å². The Hall–Kier alpha value is -2.01. The minimum Gasteiger partial charge on any atom is -0.373 e. The van der Waals surface area contributed by atoms with Crippen LogP contribution in [0.2, 0.25) is 0 Å². The fourth-order valence-corrected chi connectivity index (χ4v) is 2.57. The zero-order valence-electron chi connectivity index (χ0n) is 10.1. The Balaban J connectivity index is 2.15. The number of nitrogens with one attached hydrogen (secondary N) is 1. The number of aromatic nitrogens is 3. The number of fused-ring (bicyclic) bond motifs is 1. The highest BCUT2D eigenvalue weighted by Gasteiger charge is 2.06. The first-order valence-corrected chi connectivity index (χ1v) is 6.51. The summed E-state index contributed by atoms with van der Waals surface area (Å²) in [6, 6.07) is 6.02. The Kier molecular flexibility index (Phi) is 2.68. The Bertz CT molecular complexity index is 705. The van der Waals surface area contributed by atoms with Gasteiger partial charge in [-0.05, 0) is 24.4 Å². The molecule has 0 fully saturated rings. The minimum absolute atomic E-state index is 0.710. The molecule has 3 aromatic rings. The van der Waals surface area contributed by atoms with E-state index in [2.05, 4.69) is 26.3 Å². The maximum Gasteiger partial charge on any atom is 0.163 e. The van der Waals surface area contributed by atoms with Crippen molar-refractivity contribution in [2.45, 2.75) is 6.92 Å². The van der Waals surface area contributed by atoms with Crippen LogP contribution in [-0.4, -0.2) is 22.0 Å². The summed E-state index contributed by atoms with van der Waals surface area (Å²) in [5.41, 5.74) is 2.91. The molecule has 3 rings (SSSR count). The van der Waals surface area contributed by atoms with E-state index in [0.29, 0.717) is 5.82 Å². The molecule has 0 saturated heterocycles. The lowest BCUT2D eigenvalue weighted by Gasteiger charge is -2.05. The van der Waals surface area contributed by atoms with Crippen LogP contribution in [0.25, 0.3) is 21.6 Å². The first-order chi connectivity index (χ1) is 8.76. The molecule has 5 heteroatoms. The summed E-state index contributed by atoms with van der Waals surface area (Å²) >= 11 is 1.68. The molecule has 3 aromatic heterocycles. The second-order valence-electron chi connectivity index (χ2n) is 4.00. The zero-order valence-corrected chi connectivity index (χ0v) is 11.0. The van der Waals surface area contributed by atoms with Gasteiger partial charge >= 0.3 is 0 Å². The molecule has 0 aromatic carbocycles. The molecule has 18 heavy (non-hydrogen) atoms. The van der Waals surface area contributed by atoms with Crippen molar-refractivity contribution in [1.29, 1.82) is 0 Å². The lowest BCUT2D eigenvalue weighted by atomic mass is 10.2. The van der Waals surface area contributed by atoms with E-state index in [9.17, 15) is 0 Å². The van der Waals surface area contributed by atoms with Gasteiger partial charge in [0.15, 0.2) is 5.82 Å². The fourth-order valence-electron chi connectivity index (χ4n) is 1.79. The third-order valence-electron chi connectivity index (χ3n) is 2.67. The van der Waals surface area contributed by atoms with Gasteiger partial charge in [-0.3, -0.25) is 4.98 Å². The van der Waals surface area contributed by atoms with E-state index in [0.717, 1.165) is 27.3 Å². The standard InChI is InChI=1S/C13H12N4S/c1-8-5-12(14-2)17-13(16-8)9-6-11-10(15-7-9)3-4-18-11/h3-7H,1-2H3,(H,14,16,17). The monoisotopic (exact) mass is 256 g/mol. The molecule has 4 nitrogen and oxygen atoms in total. The quantitative estimate of drug-likeness (QED) is 0.765. The van der Waals surface area contributed by atoms with Crippen LogP contribution in [0.15, 0.2) is 29.8 Å². The predicted octanol–water partition coefficient (Wildman–Crippen LogP) is 3.10. The molecule has 0 atom stereocenters. The van der Waals surface area contributed by atoms with Crippen molar-refractivity contribution in [3.8, 4) is 11.4 Å². The molecule has 0 unspecified atom stereocenters. The van der Waals surface area contributed by atoms with E-state index in [1.54, 1.807) is 11.3 Å². The summed E-state index contributed by atoms with van der Waals surface area (Å²) in [5, 5.41) is 5.08. The SMILES string of the molecule is CNc1cc(C)nc(-c2cnc3ccsc3c2)n1. The molecule has 0 aliphatic carbocycles. The third kappa shape index (κ3) is 1.93. The largest absolute Gasteiger partial charge is 0.373 e. The van der Waals surface area contributed by atoms with Crippen LogP contribution in [0, 0.1) is 6.92 Å². The Labute approximate surface area is 109 Å². The lowest BCUT2D eigenvalue weighted by Crippen LogP contribution is -1.98. The molecule has 0 bridgehead atoms. The highest BCUT2D eigenvalue weighted by Crippen LogP contribution is 2.24. The van der Waals surface area contributed by atoms with Crippen LogP contribution >= 0.6 is 11.3 Å². The maximum absolute atomic E-state index is 4.46. The van der Waals surface area contributed by atoms with Crippen LogP contribution in [0.3, 0.4) is 0 Å². The van der Waals surface area contributed by atoms with E-state index in [-0.39, 0.29) is 0 Å². The average Bonchev–Trinajstić information content (AvgIpc) is 2.85. The van der Waals surface area contributed by atoms with Gasteiger partial charge in [-0.25, -0.2) is 9.97 Å². The molecule has 90 valence electrons. The first-order valence-electron chi connectivity index (χ1n) is 5.63. The van der Waals surface area contributed by atoms with Crippen LogP contribution in [0.4, 0.5) is 5.82 Å². The van der Waals surface area contributed by atoms with Crippen molar-refractivity contribution in [2.75, 3.05) is 12.4 Å². The van der Waals surface area contributed by atoms with E-state index in [4.69, 9.17) is 0 Å². The number of pyridine rings is 1. The second-order valence-corrected chi connectivity index (χ2v) is 4.94. The second kappa shape index (κ2) is 4.34. The molecule has 0 aliphatic heterocycles. The van der Waals surface area contributed by atoms with E-state index < -0.39 is 0 Å². The highest BCUT2D eigenvalue weighted by molar-refractivity contribution is 7.17. The Morgan fingerprint density at radius 1 is 1.22 bits per heavy atom. The van der Waals surface area contributed by atoms with Gasteiger partial charge < -0.3 is 5.32 Å². The van der Waals surface area contributed by atoms with Gasteiger partial charge in [0.05, 0.1) is 10.2 Å². The van der Waals surface area contributed by atoms with Crippen molar-refractivity contribution in [3.63, 3.8) is 0 Å². The van der Waals surface area contributed by atoms with Crippen molar-refractivity contribution in [2.24, 2.45) is 0 Å². The molecule has 0 saturated carbocycles. The molecule has 1 N–H and O–H groups in total. The molecule has 0 aliphatic rings. The van der Waals surface area contributed by atoms with Gasteiger partial charge in [-0.2, -0.15) is 0 Å². The third-order valence-corrected chi connectivity index (χ3v) is 3.52. The summed E-state index contributed by atoms with van der Waals surface area (Å²) in [6.07, 6.45) is 1.82. The zero-order chi connectivity index (χ0) is 12.5. The van der Waals surface area contributed by atoms with Crippen molar-refractivity contribution in [3.05, 3.63) is 35.5 Å². The molecule has 0 amide bonds. The molecule has 0 spiro atoms. The summed E-state index contributed by atoms with van der Waals surface area (Å²) in [6.45, 7) is 1.96. The van der Waals surface area contributed by atoms with E-state index in [1.807, 2.05) is 37.7 Å². The first kappa shape index (κ1) is 11.1. The highest BCUT2D eigenvalue weighted by atomic mass is 32.1. The van der Waals surface area contributed by atoms with Crippen molar-refractivity contribution >= 4 is 27.4 Å². The van der Waals surface area contributed by atoms with Crippen LogP contribution in [-0.2, 0) is 0 Å². The van der Waals surface area contributed by atoms with Gasteiger partial charge in [0.2, 0.25) is 0 Å². The Morgan fingerprint density at radius 2 is 2.11 bits per heavy atom. The number of thiophene rings is 1. The van der Waals surface area contributed by atoms with Crippen molar-refractivity contribution in [1.82, 2.24) is 15.0 Å². The topological polar surface area (TPSA) is 50.7 Å². The smallest absolute Gasteiger partial charge is 0.163 e. The molecular formula is C13H12N4S. The average molecular weight is 256 g/mol. The number of nitrogens with zero attached hydrogens (tertiary/aromatic N) is 3. The fraction of sp³-hybridized carbons (Fsp3) is 0.154. The summed E-state index contributed by atoms with van der Waals surface area (Å²) in [5.74, 6) is 1.53. The van der Waals surface area contributed by atoms with E-state index in [1.165, 1.54) is 0 Å². The summed E-state index contributed by atoms with van der Waals surface area (Å²) in [4.78, 5) is 13.3. The van der Waals surface area contributed by atoms with Gasteiger partial charge in [0.25, 0.3) is 0 Å². The molecular weight excluding hydrogens is 244 g/mol. The molecule has 0 radical (unpaired) electrons. The molecule has 3 heterocycles. The number of hydrogen-bond acceptors (Lipinski definition) is 5. The number of aryl methyl sites for hydroxylation is 1. The van der Waals surface area contributed by atoms with Gasteiger partial charge in [-0.15, -0.1) is 11.3 Å². The number of rotatable bonds is 2. The number of anilines is 1. The van der Waals surface area contributed by atoms with Crippen LogP contribution in [0.5, 0.6) is 0 Å². The Morgan fingerprint density at radius 3 is 2.94 bits per heavy atom. The van der Waals surface area contributed by atoms with Crippen LogP contribution in [0.1, 0.15) is 5.69 Å². The number of hydrogen-bond donors (Lipinski definition) is 1.